The zero-order valence-corrected chi connectivity index (χ0v) is 16.4. The SMILES string of the molecule is CC[C@@H](Cl)[C@@H](OC(=O)c1ccccc1)[C@H](C)[Te](Cl)(Cl)Cl. The van der Waals surface area contributed by atoms with E-state index in [9.17, 15) is 4.79 Å². The molecule has 0 spiro atoms. The first-order valence-corrected chi connectivity index (χ1v) is 16.7. The van der Waals surface area contributed by atoms with Gasteiger partial charge in [0.25, 0.3) is 0 Å². The van der Waals surface area contributed by atoms with Crippen LogP contribution in [0.5, 0.6) is 0 Å². The van der Waals surface area contributed by atoms with Gasteiger partial charge in [-0.05, 0) is 0 Å². The number of rotatable bonds is 6. The number of benzene rings is 1. The summed E-state index contributed by atoms with van der Waals surface area (Å²) in [4.78, 5) is 12.1. The monoisotopic (exact) mass is 474 g/mol. The minimum absolute atomic E-state index is 0.335. The molecule has 0 radical (unpaired) electrons. The van der Waals surface area contributed by atoms with E-state index in [-0.39, 0.29) is 9.34 Å². The summed E-state index contributed by atoms with van der Waals surface area (Å²) < 4.78 is 5.17. The summed E-state index contributed by atoms with van der Waals surface area (Å²) in [7, 11) is 18.2. The molecule has 0 saturated carbocycles. The van der Waals surface area contributed by atoms with E-state index >= 15 is 0 Å². The van der Waals surface area contributed by atoms with Crippen LogP contribution in [0.15, 0.2) is 30.3 Å². The molecule has 1 aromatic carbocycles. The van der Waals surface area contributed by atoms with Crippen LogP contribution in [0.3, 0.4) is 0 Å². The molecule has 20 heavy (non-hydrogen) atoms. The predicted molar refractivity (Wildman–Crippen MR) is 88.3 cm³/mol. The standard InChI is InChI=1S/C13H16Cl4O2Te/c1-3-11(14)12(9(2)20(15,16)17)19-13(18)10-7-5-4-6-8-10/h4-9,11-12H,3H2,1-2H3/t9-,11+,12-/m0/s1. The third-order valence-electron chi connectivity index (χ3n) is 2.88. The number of esters is 1. The molecule has 1 aromatic rings. The van der Waals surface area contributed by atoms with E-state index in [1.165, 1.54) is 0 Å². The number of ether oxygens (including phenoxy) is 1. The molecule has 0 aliphatic carbocycles. The first-order valence-electron chi connectivity index (χ1n) is 6.08. The first-order chi connectivity index (χ1) is 9.27. The van der Waals surface area contributed by atoms with Crippen LogP contribution in [0.25, 0.3) is 0 Å². The number of alkyl halides is 1. The van der Waals surface area contributed by atoms with E-state index < -0.39 is 26.9 Å². The molecule has 0 amide bonds. The first kappa shape index (κ1) is 18.7. The van der Waals surface area contributed by atoms with Crippen molar-refractivity contribution >= 4 is 59.3 Å². The Hall–Kier alpha value is 0.640. The maximum absolute atomic E-state index is 12.1. The Balaban J connectivity index is 2.88. The van der Waals surface area contributed by atoms with Crippen LogP contribution >= 0.6 is 38.5 Å². The average Bonchev–Trinajstić information content (AvgIpc) is 2.42. The topological polar surface area (TPSA) is 26.3 Å². The van der Waals surface area contributed by atoms with Crippen LogP contribution in [0.4, 0.5) is 0 Å². The second kappa shape index (κ2) is 8.32. The maximum atomic E-state index is 12.1. The molecule has 114 valence electrons. The number of carbonyl (C=O) groups is 1. The summed E-state index contributed by atoms with van der Waals surface area (Å²) >= 11 is 2.69. The summed E-state index contributed by atoms with van der Waals surface area (Å²) in [6.45, 7) is 3.68. The normalized spacial score (nSPS) is 17.1. The molecule has 0 aromatic heterocycles. The average molecular weight is 474 g/mol. The summed E-state index contributed by atoms with van der Waals surface area (Å²) in [5.41, 5.74) is 0.460. The number of hydrogen-bond acceptors (Lipinski definition) is 2. The van der Waals surface area contributed by atoms with Crippen molar-refractivity contribution in [1.82, 2.24) is 0 Å². The van der Waals surface area contributed by atoms with Crippen molar-refractivity contribution in [2.45, 2.75) is 35.7 Å². The summed E-state index contributed by atoms with van der Waals surface area (Å²) in [5.74, 6) is -0.446. The molecule has 1 rings (SSSR count). The zero-order chi connectivity index (χ0) is 15.3. The van der Waals surface area contributed by atoms with E-state index in [2.05, 4.69) is 0 Å². The number of hydrogen-bond donors (Lipinski definition) is 0. The molecule has 0 heterocycles. The number of carbonyl (C=O) groups excluding carboxylic acids is 1. The second-order valence-electron chi connectivity index (χ2n) is 4.31. The Bertz CT molecular complexity index is 436. The Morgan fingerprint density at radius 3 is 2.25 bits per heavy atom. The van der Waals surface area contributed by atoms with Crippen molar-refractivity contribution in [2.24, 2.45) is 0 Å². The fraction of sp³-hybridized carbons (Fsp3) is 0.462. The second-order valence-corrected chi connectivity index (χ2v) is 22.5. The van der Waals surface area contributed by atoms with E-state index in [4.69, 9.17) is 43.2 Å². The van der Waals surface area contributed by atoms with Gasteiger partial charge < -0.3 is 0 Å². The van der Waals surface area contributed by atoms with Gasteiger partial charge in [-0.3, -0.25) is 0 Å². The molecule has 0 aliphatic rings. The minimum atomic E-state index is -3.55. The van der Waals surface area contributed by atoms with Gasteiger partial charge >= 0.3 is 140 Å². The van der Waals surface area contributed by atoms with Crippen LogP contribution < -0.4 is 0 Å². The molecule has 7 heteroatoms. The van der Waals surface area contributed by atoms with Gasteiger partial charge in [0.1, 0.15) is 0 Å². The molecule has 0 saturated heterocycles. The van der Waals surface area contributed by atoms with Gasteiger partial charge in [-0.15, -0.1) is 0 Å². The van der Waals surface area contributed by atoms with Gasteiger partial charge in [-0.1, -0.05) is 0 Å². The zero-order valence-electron chi connectivity index (χ0n) is 11.1. The van der Waals surface area contributed by atoms with Gasteiger partial charge in [0.05, 0.1) is 0 Å². The van der Waals surface area contributed by atoms with Crippen molar-refractivity contribution in [3.8, 4) is 0 Å². The summed E-state index contributed by atoms with van der Waals surface area (Å²) in [5, 5.41) is -0.375. The van der Waals surface area contributed by atoms with E-state index in [0.717, 1.165) is 0 Å². The molecule has 0 unspecified atom stereocenters. The molecular formula is C13H16Cl4O2Te. The summed E-state index contributed by atoms with van der Waals surface area (Å²) in [6, 6.07) is 8.70. The van der Waals surface area contributed by atoms with Crippen LogP contribution in [0.2, 0.25) is 3.97 Å². The van der Waals surface area contributed by atoms with Gasteiger partial charge in [0.15, 0.2) is 0 Å². The predicted octanol–water partition coefficient (Wildman–Crippen LogP) is 5.27. The van der Waals surface area contributed by atoms with Crippen LogP contribution in [0.1, 0.15) is 30.6 Å². The Morgan fingerprint density at radius 2 is 1.80 bits per heavy atom. The fourth-order valence-corrected chi connectivity index (χ4v) is 5.76. The van der Waals surface area contributed by atoms with Crippen LogP contribution in [0, 0.1) is 0 Å². The van der Waals surface area contributed by atoms with Crippen molar-refractivity contribution in [3.05, 3.63) is 35.9 Å². The third kappa shape index (κ3) is 5.44. The van der Waals surface area contributed by atoms with Gasteiger partial charge in [0, 0.05) is 0 Å². The molecule has 2 nitrogen and oxygen atoms in total. The third-order valence-corrected chi connectivity index (χ3v) is 12.3. The fourth-order valence-electron chi connectivity index (χ4n) is 1.61. The van der Waals surface area contributed by atoms with Crippen molar-refractivity contribution in [1.29, 1.82) is 0 Å². The molecule has 0 fully saturated rings. The van der Waals surface area contributed by atoms with Gasteiger partial charge in [-0.2, -0.15) is 0 Å². The van der Waals surface area contributed by atoms with E-state index in [1.807, 2.05) is 13.0 Å². The molecule has 0 N–H and O–H groups in total. The van der Waals surface area contributed by atoms with Crippen LogP contribution in [-0.4, -0.2) is 32.3 Å². The molecule has 0 aliphatic heterocycles. The van der Waals surface area contributed by atoms with Gasteiger partial charge in [-0.25, -0.2) is 0 Å². The molecule has 3 atom stereocenters. The Kier molecular flexibility index (Phi) is 7.77. The van der Waals surface area contributed by atoms with Crippen molar-refractivity contribution < 1.29 is 9.53 Å². The Morgan fingerprint density at radius 1 is 1.25 bits per heavy atom. The van der Waals surface area contributed by atoms with Crippen LogP contribution in [-0.2, 0) is 4.74 Å². The van der Waals surface area contributed by atoms with E-state index in [0.29, 0.717) is 12.0 Å². The number of halogens is 4. The van der Waals surface area contributed by atoms with E-state index in [1.54, 1.807) is 31.2 Å². The van der Waals surface area contributed by atoms with Crippen molar-refractivity contribution in [2.75, 3.05) is 0 Å². The quantitative estimate of drug-likeness (QED) is 0.319. The summed E-state index contributed by atoms with van der Waals surface area (Å²) in [6.07, 6.45) is 0.0326. The Labute approximate surface area is 139 Å². The van der Waals surface area contributed by atoms with Crippen molar-refractivity contribution in [3.63, 3.8) is 0 Å². The molecular weight excluding hydrogens is 458 g/mol. The molecule has 0 bridgehead atoms. The van der Waals surface area contributed by atoms with Gasteiger partial charge in [0.2, 0.25) is 0 Å².